The summed E-state index contributed by atoms with van der Waals surface area (Å²) in [6.45, 7) is 8.02. The van der Waals surface area contributed by atoms with E-state index in [1.54, 1.807) is 0 Å². The number of nitrogens with zero attached hydrogens (tertiary/aromatic N) is 4. The van der Waals surface area contributed by atoms with Gasteiger partial charge in [-0.3, -0.25) is 4.90 Å². The van der Waals surface area contributed by atoms with E-state index in [1.807, 2.05) is 4.90 Å². The predicted molar refractivity (Wildman–Crippen MR) is 72.5 cm³/mol. The minimum absolute atomic E-state index is 0.183. The van der Waals surface area contributed by atoms with Crippen molar-refractivity contribution in [2.24, 2.45) is 0 Å². The van der Waals surface area contributed by atoms with Crippen LogP contribution in [0.5, 0.6) is 0 Å². The van der Waals surface area contributed by atoms with Gasteiger partial charge in [-0.15, -0.1) is 0 Å². The van der Waals surface area contributed by atoms with Gasteiger partial charge in [0.15, 0.2) is 0 Å². The standard InChI is InChI=1S/C13H20N4O2/c1-3-16(4-2)10-5-6-17(8-10)12-11(13(18)19)7-14-9-15-12/h7,9-10H,3-6,8H2,1-2H3,(H,18,19)/t10-/m0/s1. The Balaban J connectivity index is 2.15. The molecule has 1 aromatic heterocycles. The van der Waals surface area contributed by atoms with Gasteiger partial charge in [-0.25, -0.2) is 14.8 Å². The van der Waals surface area contributed by atoms with Gasteiger partial charge < -0.3 is 10.0 Å². The SMILES string of the molecule is CCN(CC)[C@H]1CCN(c2ncncc2C(=O)O)C1. The number of aromatic nitrogens is 2. The molecular weight excluding hydrogens is 244 g/mol. The second kappa shape index (κ2) is 5.97. The van der Waals surface area contributed by atoms with Crippen LogP contribution in [0.3, 0.4) is 0 Å². The fraction of sp³-hybridized carbons (Fsp3) is 0.615. The highest BCUT2D eigenvalue weighted by Gasteiger charge is 2.29. The topological polar surface area (TPSA) is 69.6 Å². The van der Waals surface area contributed by atoms with Crippen molar-refractivity contribution in [3.8, 4) is 0 Å². The average Bonchev–Trinajstić information content (AvgIpc) is 2.89. The van der Waals surface area contributed by atoms with Gasteiger partial charge in [0, 0.05) is 25.3 Å². The van der Waals surface area contributed by atoms with E-state index in [1.165, 1.54) is 12.5 Å². The summed E-state index contributed by atoms with van der Waals surface area (Å²) in [6.07, 6.45) is 3.83. The number of rotatable bonds is 5. The quantitative estimate of drug-likeness (QED) is 0.858. The van der Waals surface area contributed by atoms with Crippen LogP contribution in [-0.2, 0) is 0 Å². The molecule has 0 spiro atoms. The third kappa shape index (κ3) is 2.84. The van der Waals surface area contributed by atoms with Crippen LogP contribution in [0.15, 0.2) is 12.5 Å². The Hall–Kier alpha value is -1.69. The molecule has 2 rings (SSSR count). The molecule has 2 heterocycles. The molecule has 0 radical (unpaired) electrons. The van der Waals surface area contributed by atoms with E-state index in [9.17, 15) is 9.90 Å². The van der Waals surface area contributed by atoms with Crippen molar-refractivity contribution in [2.75, 3.05) is 31.1 Å². The van der Waals surface area contributed by atoms with E-state index in [2.05, 4.69) is 28.7 Å². The highest BCUT2D eigenvalue weighted by atomic mass is 16.4. The second-order valence-corrected chi connectivity index (χ2v) is 4.67. The Bertz CT molecular complexity index is 448. The number of carbonyl (C=O) groups is 1. The van der Waals surface area contributed by atoms with Crippen LogP contribution in [-0.4, -0.2) is 58.2 Å². The van der Waals surface area contributed by atoms with Crippen molar-refractivity contribution >= 4 is 11.8 Å². The first-order valence-electron chi connectivity index (χ1n) is 6.69. The summed E-state index contributed by atoms with van der Waals surface area (Å²) in [5.41, 5.74) is 0.183. The van der Waals surface area contributed by atoms with Crippen molar-refractivity contribution in [3.05, 3.63) is 18.1 Å². The van der Waals surface area contributed by atoms with Crippen LogP contribution in [0.4, 0.5) is 5.82 Å². The molecule has 1 N–H and O–H groups in total. The Morgan fingerprint density at radius 1 is 1.53 bits per heavy atom. The lowest BCUT2D eigenvalue weighted by Gasteiger charge is -2.26. The molecule has 0 unspecified atom stereocenters. The lowest BCUT2D eigenvalue weighted by molar-refractivity contribution is 0.0696. The largest absolute Gasteiger partial charge is 0.477 e. The molecule has 0 aromatic carbocycles. The third-order valence-corrected chi connectivity index (χ3v) is 3.71. The second-order valence-electron chi connectivity index (χ2n) is 4.67. The van der Waals surface area contributed by atoms with E-state index in [0.29, 0.717) is 11.9 Å². The van der Waals surface area contributed by atoms with E-state index in [-0.39, 0.29) is 5.56 Å². The number of likely N-dealkylation sites (N-methyl/N-ethyl adjacent to an activating group) is 1. The summed E-state index contributed by atoms with van der Waals surface area (Å²) in [4.78, 5) is 23.6. The number of carboxylic acid groups (broad SMARTS) is 1. The summed E-state index contributed by atoms with van der Waals surface area (Å²) in [5, 5.41) is 9.18. The van der Waals surface area contributed by atoms with Crippen LogP contribution in [0.1, 0.15) is 30.6 Å². The zero-order valence-corrected chi connectivity index (χ0v) is 11.4. The first kappa shape index (κ1) is 13.7. The molecule has 1 fully saturated rings. The van der Waals surface area contributed by atoms with Crippen LogP contribution in [0, 0.1) is 0 Å². The van der Waals surface area contributed by atoms with E-state index in [0.717, 1.165) is 32.6 Å². The molecule has 1 aromatic rings. The fourth-order valence-electron chi connectivity index (χ4n) is 2.70. The highest BCUT2D eigenvalue weighted by Crippen LogP contribution is 2.23. The molecule has 1 aliphatic rings. The van der Waals surface area contributed by atoms with Crippen LogP contribution < -0.4 is 4.90 Å². The van der Waals surface area contributed by atoms with Gasteiger partial charge in [-0.1, -0.05) is 13.8 Å². The van der Waals surface area contributed by atoms with Gasteiger partial charge in [0.05, 0.1) is 0 Å². The normalized spacial score (nSPS) is 19.1. The maximum absolute atomic E-state index is 11.2. The number of anilines is 1. The van der Waals surface area contributed by atoms with Crippen LogP contribution >= 0.6 is 0 Å². The third-order valence-electron chi connectivity index (χ3n) is 3.71. The van der Waals surface area contributed by atoms with Gasteiger partial charge in [0.25, 0.3) is 0 Å². The lowest BCUT2D eigenvalue weighted by Crippen LogP contribution is -2.37. The first-order valence-corrected chi connectivity index (χ1v) is 6.69. The predicted octanol–water partition coefficient (Wildman–Crippen LogP) is 1.10. The molecule has 0 saturated carbocycles. The Morgan fingerprint density at radius 3 is 2.89 bits per heavy atom. The Kier molecular flexibility index (Phi) is 4.31. The molecular formula is C13H20N4O2. The van der Waals surface area contributed by atoms with Crippen molar-refractivity contribution < 1.29 is 9.90 Å². The van der Waals surface area contributed by atoms with E-state index < -0.39 is 5.97 Å². The van der Waals surface area contributed by atoms with Gasteiger partial charge in [-0.2, -0.15) is 0 Å². The van der Waals surface area contributed by atoms with Crippen LogP contribution in [0.2, 0.25) is 0 Å². The van der Waals surface area contributed by atoms with Gasteiger partial charge >= 0.3 is 5.97 Å². The van der Waals surface area contributed by atoms with E-state index >= 15 is 0 Å². The maximum atomic E-state index is 11.2. The van der Waals surface area contributed by atoms with Crippen molar-refractivity contribution in [2.45, 2.75) is 26.3 Å². The minimum Gasteiger partial charge on any atom is -0.477 e. The Morgan fingerprint density at radius 2 is 2.26 bits per heavy atom. The van der Waals surface area contributed by atoms with Crippen molar-refractivity contribution in [1.29, 1.82) is 0 Å². The first-order chi connectivity index (χ1) is 9.17. The molecule has 0 bridgehead atoms. The number of hydrogen-bond donors (Lipinski definition) is 1. The monoisotopic (exact) mass is 264 g/mol. The summed E-state index contributed by atoms with van der Waals surface area (Å²) >= 11 is 0. The van der Waals surface area contributed by atoms with Gasteiger partial charge in [0.1, 0.15) is 17.7 Å². The number of aromatic carboxylic acids is 1. The minimum atomic E-state index is -0.970. The summed E-state index contributed by atoms with van der Waals surface area (Å²) < 4.78 is 0. The van der Waals surface area contributed by atoms with Gasteiger partial charge in [-0.05, 0) is 19.5 Å². The fourth-order valence-corrected chi connectivity index (χ4v) is 2.70. The molecule has 0 aliphatic carbocycles. The number of carboxylic acids is 1. The summed E-state index contributed by atoms with van der Waals surface area (Å²) in [7, 11) is 0. The van der Waals surface area contributed by atoms with Gasteiger partial charge in [0.2, 0.25) is 0 Å². The van der Waals surface area contributed by atoms with Crippen LogP contribution in [0.25, 0.3) is 0 Å². The van der Waals surface area contributed by atoms with Crippen molar-refractivity contribution in [3.63, 3.8) is 0 Å². The summed E-state index contributed by atoms with van der Waals surface area (Å²) in [6, 6.07) is 0.478. The zero-order chi connectivity index (χ0) is 13.8. The molecule has 1 saturated heterocycles. The zero-order valence-electron chi connectivity index (χ0n) is 11.4. The van der Waals surface area contributed by atoms with Crippen molar-refractivity contribution in [1.82, 2.24) is 14.9 Å². The van der Waals surface area contributed by atoms with E-state index in [4.69, 9.17) is 0 Å². The molecule has 6 nitrogen and oxygen atoms in total. The molecule has 104 valence electrons. The lowest BCUT2D eigenvalue weighted by atomic mass is 10.2. The average molecular weight is 264 g/mol. The summed E-state index contributed by atoms with van der Waals surface area (Å²) in [5.74, 6) is -0.431. The Labute approximate surface area is 113 Å². The smallest absolute Gasteiger partial charge is 0.341 e. The molecule has 1 aliphatic heterocycles. The number of hydrogen-bond acceptors (Lipinski definition) is 5. The molecule has 1 atom stereocenters. The highest BCUT2D eigenvalue weighted by molar-refractivity contribution is 5.92. The molecule has 0 amide bonds. The molecule has 6 heteroatoms. The maximum Gasteiger partial charge on any atom is 0.341 e. The molecule has 19 heavy (non-hydrogen) atoms.